The molecule has 1 nitrogen and oxygen atoms in total. The molecule has 0 bridgehead atoms. The van der Waals surface area contributed by atoms with E-state index in [0.717, 1.165) is 5.02 Å². The summed E-state index contributed by atoms with van der Waals surface area (Å²) in [6.07, 6.45) is 0. The van der Waals surface area contributed by atoms with Crippen LogP contribution in [0, 0.1) is 3.57 Å². The lowest BCUT2D eigenvalue weighted by molar-refractivity contribution is 0.703. The molecule has 2 rings (SSSR count). The molecular formula is C12H11ClINS. The van der Waals surface area contributed by atoms with Crippen LogP contribution in [0.5, 0.6) is 0 Å². The highest BCUT2D eigenvalue weighted by Crippen LogP contribution is 2.32. The van der Waals surface area contributed by atoms with E-state index in [2.05, 4.69) is 52.2 Å². The van der Waals surface area contributed by atoms with E-state index >= 15 is 0 Å². The Kier molecular flexibility index (Phi) is 4.24. The Morgan fingerprint density at radius 2 is 2.19 bits per heavy atom. The van der Waals surface area contributed by atoms with Gasteiger partial charge in [-0.25, -0.2) is 0 Å². The first-order valence-corrected chi connectivity index (χ1v) is 7.21. The van der Waals surface area contributed by atoms with Crippen molar-refractivity contribution in [2.45, 2.75) is 6.04 Å². The second kappa shape index (κ2) is 5.49. The van der Waals surface area contributed by atoms with Crippen LogP contribution in [0.15, 0.2) is 35.7 Å². The van der Waals surface area contributed by atoms with Gasteiger partial charge in [-0.1, -0.05) is 23.7 Å². The number of hydrogen-bond donors (Lipinski definition) is 1. The highest BCUT2D eigenvalue weighted by atomic mass is 127. The standard InChI is InChI=1S/C12H11ClINS/c1-15-11(12-10(13)5-6-16-12)8-3-2-4-9(14)7-8/h2-7,11,15H,1H3. The average Bonchev–Trinajstić information content (AvgIpc) is 2.67. The minimum atomic E-state index is 0.183. The van der Waals surface area contributed by atoms with E-state index in [1.165, 1.54) is 14.0 Å². The summed E-state index contributed by atoms with van der Waals surface area (Å²) in [4.78, 5) is 1.17. The average molecular weight is 364 g/mol. The van der Waals surface area contributed by atoms with Gasteiger partial charge in [0.2, 0.25) is 0 Å². The van der Waals surface area contributed by atoms with Gasteiger partial charge in [0.15, 0.2) is 0 Å². The summed E-state index contributed by atoms with van der Waals surface area (Å²) in [5.74, 6) is 0. The molecule has 0 fully saturated rings. The van der Waals surface area contributed by atoms with E-state index in [9.17, 15) is 0 Å². The third kappa shape index (κ3) is 2.59. The van der Waals surface area contributed by atoms with Crippen LogP contribution in [0.3, 0.4) is 0 Å². The first kappa shape index (κ1) is 12.4. The van der Waals surface area contributed by atoms with E-state index in [1.807, 2.05) is 18.5 Å². The summed E-state index contributed by atoms with van der Waals surface area (Å²) in [5.41, 5.74) is 1.25. The topological polar surface area (TPSA) is 12.0 Å². The van der Waals surface area contributed by atoms with Crippen LogP contribution in [0.1, 0.15) is 16.5 Å². The number of thiophene rings is 1. The largest absolute Gasteiger partial charge is 0.309 e. The van der Waals surface area contributed by atoms with Gasteiger partial charge in [-0.05, 0) is 58.8 Å². The molecule has 0 radical (unpaired) electrons. The first-order valence-electron chi connectivity index (χ1n) is 4.88. The quantitative estimate of drug-likeness (QED) is 0.801. The molecule has 0 aliphatic rings. The maximum atomic E-state index is 6.17. The van der Waals surface area contributed by atoms with Crippen molar-refractivity contribution in [1.82, 2.24) is 5.32 Å². The molecule has 0 aliphatic carbocycles. The third-order valence-corrected chi connectivity index (χ3v) is 4.47. The molecule has 1 aromatic heterocycles. The number of nitrogens with one attached hydrogen (secondary N) is 1. The molecule has 1 atom stereocenters. The van der Waals surface area contributed by atoms with Gasteiger partial charge in [0, 0.05) is 8.45 Å². The summed E-state index contributed by atoms with van der Waals surface area (Å²) >= 11 is 10.2. The highest BCUT2D eigenvalue weighted by Gasteiger charge is 2.16. The molecule has 0 saturated carbocycles. The second-order valence-electron chi connectivity index (χ2n) is 3.41. The zero-order chi connectivity index (χ0) is 11.5. The molecule has 2 aromatic rings. The van der Waals surface area contributed by atoms with Crippen LogP contribution in [0.25, 0.3) is 0 Å². The molecule has 16 heavy (non-hydrogen) atoms. The van der Waals surface area contributed by atoms with Crippen molar-refractivity contribution in [2.24, 2.45) is 0 Å². The Morgan fingerprint density at radius 1 is 1.38 bits per heavy atom. The van der Waals surface area contributed by atoms with Crippen molar-refractivity contribution >= 4 is 45.5 Å². The van der Waals surface area contributed by atoms with Gasteiger partial charge in [0.1, 0.15) is 0 Å². The Labute approximate surface area is 118 Å². The van der Waals surface area contributed by atoms with Crippen LogP contribution >= 0.6 is 45.5 Å². The fourth-order valence-electron chi connectivity index (χ4n) is 1.65. The molecule has 0 aliphatic heterocycles. The van der Waals surface area contributed by atoms with Gasteiger partial charge in [-0.15, -0.1) is 11.3 Å². The molecule has 0 spiro atoms. The zero-order valence-electron chi connectivity index (χ0n) is 8.71. The monoisotopic (exact) mass is 363 g/mol. The number of benzene rings is 1. The van der Waals surface area contributed by atoms with Crippen LogP contribution in [-0.4, -0.2) is 7.05 Å². The fourth-order valence-corrected chi connectivity index (χ4v) is 3.52. The maximum Gasteiger partial charge on any atom is 0.0684 e. The maximum absolute atomic E-state index is 6.17. The number of hydrogen-bond acceptors (Lipinski definition) is 2. The van der Waals surface area contributed by atoms with Gasteiger partial charge >= 0.3 is 0 Å². The molecule has 84 valence electrons. The first-order chi connectivity index (χ1) is 7.72. The van der Waals surface area contributed by atoms with Crippen LogP contribution in [0.4, 0.5) is 0 Å². The van der Waals surface area contributed by atoms with Crippen molar-refractivity contribution in [3.05, 3.63) is 54.7 Å². The smallest absolute Gasteiger partial charge is 0.0684 e. The van der Waals surface area contributed by atoms with Crippen molar-refractivity contribution in [3.8, 4) is 0 Å². The summed E-state index contributed by atoms with van der Waals surface area (Å²) in [5, 5.41) is 6.17. The van der Waals surface area contributed by atoms with E-state index in [4.69, 9.17) is 11.6 Å². The lowest BCUT2D eigenvalue weighted by Crippen LogP contribution is -2.16. The van der Waals surface area contributed by atoms with Crippen LogP contribution in [-0.2, 0) is 0 Å². The third-order valence-electron chi connectivity index (χ3n) is 2.38. The van der Waals surface area contributed by atoms with Gasteiger partial charge in [-0.2, -0.15) is 0 Å². The molecular weight excluding hydrogens is 353 g/mol. The van der Waals surface area contributed by atoms with Crippen LogP contribution < -0.4 is 5.32 Å². The minimum Gasteiger partial charge on any atom is -0.309 e. The van der Waals surface area contributed by atoms with E-state index < -0.39 is 0 Å². The molecule has 1 N–H and O–H groups in total. The van der Waals surface area contributed by atoms with Crippen molar-refractivity contribution in [2.75, 3.05) is 7.05 Å². The predicted molar refractivity (Wildman–Crippen MR) is 79.4 cm³/mol. The fraction of sp³-hybridized carbons (Fsp3) is 0.167. The Bertz CT molecular complexity index is 483. The van der Waals surface area contributed by atoms with Gasteiger partial charge < -0.3 is 5.32 Å². The SMILES string of the molecule is CNC(c1cccc(I)c1)c1sccc1Cl. The molecule has 4 heteroatoms. The van der Waals surface area contributed by atoms with Crippen molar-refractivity contribution < 1.29 is 0 Å². The van der Waals surface area contributed by atoms with Crippen molar-refractivity contribution in [1.29, 1.82) is 0 Å². The van der Waals surface area contributed by atoms with Gasteiger partial charge in [0.05, 0.1) is 11.1 Å². The van der Waals surface area contributed by atoms with Gasteiger partial charge in [0.25, 0.3) is 0 Å². The molecule has 1 unspecified atom stereocenters. The summed E-state index contributed by atoms with van der Waals surface area (Å²) in [7, 11) is 1.96. The lowest BCUT2D eigenvalue weighted by Gasteiger charge is -2.16. The summed E-state index contributed by atoms with van der Waals surface area (Å²) in [6, 6.07) is 10.6. The van der Waals surface area contributed by atoms with E-state index in [0.29, 0.717) is 0 Å². The Hall–Kier alpha value is -0.100. The van der Waals surface area contributed by atoms with Crippen molar-refractivity contribution in [3.63, 3.8) is 0 Å². The normalized spacial score (nSPS) is 12.7. The van der Waals surface area contributed by atoms with Crippen LogP contribution in [0.2, 0.25) is 5.02 Å². The molecule has 0 saturated heterocycles. The summed E-state index contributed by atoms with van der Waals surface area (Å²) in [6.45, 7) is 0. The van der Waals surface area contributed by atoms with Gasteiger partial charge in [-0.3, -0.25) is 0 Å². The number of halogens is 2. The molecule has 1 heterocycles. The van der Waals surface area contributed by atoms with E-state index in [1.54, 1.807) is 11.3 Å². The van der Waals surface area contributed by atoms with E-state index in [-0.39, 0.29) is 6.04 Å². The second-order valence-corrected chi connectivity index (χ2v) is 6.01. The Morgan fingerprint density at radius 3 is 2.75 bits per heavy atom. The minimum absolute atomic E-state index is 0.183. The summed E-state index contributed by atoms with van der Waals surface area (Å²) < 4.78 is 1.24. The number of rotatable bonds is 3. The lowest BCUT2D eigenvalue weighted by atomic mass is 10.1. The highest BCUT2D eigenvalue weighted by molar-refractivity contribution is 14.1. The predicted octanol–water partition coefficient (Wildman–Crippen LogP) is 4.31. The zero-order valence-corrected chi connectivity index (χ0v) is 12.4. The Balaban J connectivity index is 2.40. The molecule has 0 amide bonds. The molecule has 1 aromatic carbocycles.